The number of aromatic hydroxyl groups is 1. The zero-order valence-electron chi connectivity index (χ0n) is 17.0. The highest BCUT2D eigenvalue weighted by atomic mass is 35.5. The summed E-state index contributed by atoms with van der Waals surface area (Å²) in [5.74, 6) is -2.44. The van der Waals surface area contributed by atoms with Gasteiger partial charge in [0.15, 0.2) is 0 Å². The molecular formula is C17H24ClN3O9S. The van der Waals surface area contributed by atoms with Crippen molar-refractivity contribution in [1.82, 2.24) is 5.32 Å². The molecule has 0 saturated carbocycles. The number of carbonyl (C=O) groups is 2. The van der Waals surface area contributed by atoms with E-state index in [2.05, 4.69) is 5.32 Å². The highest BCUT2D eigenvalue weighted by Crippen LogP contribution is 2.41. The molecule has 1 amide bonds. The van der Waals surface area contributed by atoms with Crippen LogP contribution in [-0.4, -0.2) is 47.3 Å². The lowest BCUT2D eigenvalue weighted by Crippen LogP contribution is -2.43. The number of nitrogens with zero attached hydrogens (tertiary/aromatic N) is 1. The summed E-state index contributed by atoms with van der Waals surface area (Å²) < 4.78 is 28.1. The molecule has 14 heteroatoms. The average Bonchev–Trinajstić information content (AvgIpc) is 2.53. The number of aryl methyl sites for hydroxylation is 1. The standard InChI is InChI=1S/C17H24ClN3O9S/c1-17(2,3)30-16(25)20-11(15(23)24)7-5-4-6-9-8-10(18)14(31(19,28)29)13(22)12(9)21(26)27/h8,11,22H,4-7H2,1-3H3,(H,20,25)(H,23,24)(H2,19,28,29). The number of nitrogens with two attached hydrogens (primary N) is 1. The van der Waals surface area contributed by atoms with E-state index < -0.39 is 60.0 Å². The Kier molecular flexibility index (Phi) is 8.61. The van der Waals surface area contributed by atoms with Gasteiger partial charge in [0.1, 0.15) is 16.5 Å². The zero-order chi connectivity index (χ0) is 24.1. The van der Waals surface area contributed by atoms with Gasteiger partial charge in [-0.25, -0.2) is 23.1 Å². The molecule has 0 aliphatic heterocycles. The maximum Gasteiger partial charge on any atom is 0.408 e. The lowest BCUT2D eigenvalue weighted by Gasteiger charge is -2.22. The fourth-order valence-corrected chi connectivity index (χ4v) is 3.94. The number of hydrogen-bond acceptors (Lipinski definition) is 8. The number of ether oxygens (including phenoxy) is 1. The number of aliphatic carboxylic acids is 1. The number of primary sulfonamides is 1. The Balaban J connectivity index is 2.90. The maximum atomic E-state index is 11.8. The number of amides is 1. The van der Waals surface area contributed by atoms with Crippen LogP contribution in [0.5, 0.6) is 5.75 Å². The largest absolute Gasteiger partial charge is 0.501 e. The van der Waals surface area contributed by atoms with Gasteiger partial charge in [0, 0.05) is 5.56 Å². The third-order valence-electron chi connectivity index (χ3n) is 3.91. The quantitative estimate of drug-likeness (QED) is 0.232. The third-order valence-corrected chi connectivity index (χ3v) is 5.30. The molecule has 5 N–H and O–H groups in total. The lowest BCUT2D eigenvalue weighted by molar-refractivity contribution is -0.386. The summed E-state index contributed by atoms with van der Waals surface area (Å²) in [4.78, 5) is 32.5. The summed E-state index contributed by atoms with van der Waals surface area (Å²) in [6, 6.07) is -0.223. The van der Waals surface area contributed by atoms with Gasteiger partial charge in [-0.05, 0) is 46.1 Å². The molecule has 12 nitrogen and oxygen atoms in total. The minimum absolute atomic E-state index is 0.00263. The number of halogens is 1. The van der Waals surface area contributed by atoms with Crippen LogP contribution in [0.25, 0.3) is 0 Å². The number of carbonyl (C=O) groups excluding carboxylic acids is 1. The maximum absolute atomic E-state index is 11.8. The van der Waals surface area contributed by atoms with Crippen LogP contribution in [0.2, 0.25) is 5.02 Å². The molecule has 1 unspecified atom stereocenters. The molecule has 0 radical (unpaired) electrons. The summed E-state index contributed by atoms with van der Waals surface area (Å²) >= 11 is 5.83. The molecule has 31 heavy (non-hydrogen) atoms. The Hall–Kier alpha value is -2.64. The topological polar surface area (TPSA) is 199 Å². The highest BCUT2D eigenvalue weighted by molar-refractivity contribution is 7.89. The Morgan fingerprint density at radius 3 is 2.39 bits per heavy atom. The minimum Gasteiger partial charge on any atom is -0.501 e. The van der Waals surface area contributed by atoms with E-state index in [4.69, 9.17) is 21.5 Å². The Morgan fingerprint density at radius 2 is 1.94 bits per heavy atom. The predicted octanol–water partition coefficient (Wildman–Crippen LogP) is 2.29. The predicted molar refractivity (Wildman–Crippen MR) is 109 cm³/mol. The van der Waals surface area contributed by atoms with Crippen molar-refractivity contribution in [1.29, 1.82) is 0 Å². The van der Waals surface area contributed by atoms with Crippen LogP contribution < -0.4 is 10.5 Å². The molecule has 174 valence electrons. The first-order valence-corrected chi connectivity index (χ1v) is 10.9. The molecule has 1 aromatic carbocycles. The van der Waals surface area contributed by atoms with Crippen LogP contribution in [0.4, 0.5) is 10.5 Å². The normalized spacial score (nSPS) is 12.8. The highest BCUT2D eigenvalue weighted by Gasteiger charge is 2.31. The monoisotopic (exact) mass is 481 g/mol. The van der Waals surface area contributed by atoms with Crippen LogP contribution in [-0.2, 0) is 26.0 Å². The number of nitro benzene ring substituents is 1. The van der Waals surface area contributed by atoms with E-state index in [1.54, 1.807) is 20.8 Å². The summed E-state index contributed by atoms with van der Waals surface area (Å²) in [5, 5.41) is 37.3. The molecule has 1 rings (SSSR count). The number of carboxylic acids is 1. The smallest absolute Gasteiger partial charge is 0.408 e. The van der Waals surface area contributed by atoms with Gasteiger partial charge >= 0.3 is 17.7 Å². The second-order valence-corrected chi connectivity index (χ2v) is 9.53. The van der Waals surface area contributed by atoms with E-state index in [0.717, 1.165) is 6.07 Å². The van der Waals surface area contributed by atoms with Crippen molar-refractivity contribution in [3.8, 4) is 5.75 Å². The fraction of sp³-hybridized carbons (Fsp3) is 0.529. The van der Waals surface area contributed by atoms with Crippen LogP contribution in [0.15, 0.2) is 11.0 Å². The molecule has 1 aromatic rings. The number of nitro groups is 1. The van der Waals surface area contributed by atoms with Gasteiger partial charge in [-0.1, -0.05) is 18.0 Å². The number of carboxylic acid groups (broad SMARTS) is 1. The average molecular weight is 482 g/mol. The summed E-state index contributed by atoms with van der Waals surface area (Å²) in [6.07, 6.45) is -0.486. The molecule has 0 aromatic heterocycles. The number of hydrogen-bond donors (Lipinski definition) is 4. The van der Waals surface area contributed by atoms with Crippen molar-refractivity contribution < 1.29 is 37.9 Å². The van der Waals surface area contributed by atoms with Gasteiger partial charge < -0.3 is 20.3 Å². The summed E-state index contributed by atoms with van der Waals surface area (Å²) in [6.45, 7) is 4.87. The summed E-state index contributed by atoms with van der Waals surface area (Å²) in [7, 11) is -4.51. The third kappa shape index (κ3) is 7.84. The van der Waals surface area contributed by atoms with Crippen LogP contribution in [0, 0.1) is 10.1 Å². The van der Waals surface area contributed by atoms with Crippen molar-refractivity contribution in [3.05, 3.63) is 26.8 Å². The molecule has 0 saturated heterocycles. The van der Waals surface area contributed by atoms with Crippen molar-refractivity contribution in [2.45, 2.75) is 63.0 Å². The molecule has 0 aliphatic rings. The van der Waals surface area contributed by atoms with Gasteiger partial charge in [0.25, 0.3) is 0 Å². The Bertz CT molecular complexity index is 974. The van der Waals surface area contributed by atoms with Gasteiger partial charge in [-0.15, -0.1) is 0 Å². The van der Waals surface area contributed by atoms with E-state index in [9.17, 15) is 38.3 Å². The van der Waals surface area contributed by atoms with Crippen LogP contribution in [0.1, 0.15) is 45.6 Å². The second-order valence-electron chi connectivity index (χ2n) is 7.63. The second kappa shape index (κ2) is 10.1. The molecule has 1 atom stereocenters. The number of phenols is 1. The van der Waals surface area contributed by atoms with Gasteiger partial charge in [0.05, 0.1) is 9.95 Å². The fourth-order valence-electron chi connectivity index (χ4n) is 2.70. The van der Waals surface area contributed by atoms with Crippen molar-refractivity contribution >= 4 is 39.4 Å². The number of phenolic OH excluding ortho intramolecular Hbond substituents is 1. The molecule has 0 heterocycles. The molecule has 0 aliphatic carbocycles. The number of sulfonamides is 1. The number of rotatable bonds is 9. The SMILES string of the molecule is CC(C)(C)OC(=O)NC(CCCCc1cc(Cl)c(S(N)(=O)=O)c(O)c1[N+](=O)[O-])C(=O)O. The van der Waals surface area contributed by atoms with Crippen molar-refractivity contribution in [2.24, 2.45) is 5.14 Å². The van der Waals surface area contributed by atoms with Crippen LogP contribution in [0.3, 0.4) is 0 Å². The van der Waals surface area contributed by atoms with Gasteiger partial charge in [-0.3, -0.25) is 10.1 Å². The first-order valence-electron chi connectivity index (χ1n) is 8.98. The Morgan fingerprint density at radius 1 is 1.35 bits per heavy atom. The number of unbranched alkanes of at least 4 members (excludes halogenated alkanes) is 1. The number of nitrogens with one attached hydrogen (secondary N) is 1. The summed E-state index contributed by atoms with van der Waals surface area (Å²) in [5.41, 5.74) is -1.71. The van der Waals surface area contributed by atoms with E-state index in [1.807, 2.05) is 0 Å². The molecule has 0 bridgehead atoms. The first kappa shape index (κ1) is 26.4. The molecule has 0 spiro atoms. The van der Waals surface area contributed by atoms with Gasteiger partial charge in [-0.2, -0.15) is 0 Å². The zero-order valence-corrected chi connectivity index (χ0v) is 18.6. The number of benzene rings is 1. The van der Waals surface area contributed by atoms with Gasteiger partial charge in [0.2, 0.25) is 15.8 Å². The van der Waals surface area contributed by atoms with Crippen LogP contribution >= 0.6 is 11.6 Å². The first-order chi connectivity index (χ1) is 14.0. The lowest BCUT2D eigenvalue weighted by atomic mass is 10.0. The number of alkyl carbamates (subject to hydrolysis) is 1. The van der Waals surface area contributed by atoms with E-state index in [0.29, 0.717) is 0 Å². The van der Waals surface area contributed by atoms with E-state index in [1.165, 1.54) is 0 Å². The minimum atomic E-state index is -4.51. The van der Waals surface area contributed by atoms with E-state index >= 15 is 0 Å². The Labute approximate surface area is 183 Å². The molecular weight excluding hydrogens is 458 g/mol. The van der Waals surface area contributed by atoms with E-state index in [-0.39, 0.29) is 31.2 Å². The molecule has 0 fully saturated rings. The van der Waals surface area contributed by atoms with Crippen molar-refractivity contribution in [2.75, 3.05) is 0 Å². The van der Waals surface area contributed by atoms with Crippen molar-refractivity contribution in [3.63, 3.8) is 0 Å².